The predicted molar refractivity (Wildman–Crippen MR) is 82.1 cm³/mol. The molecule has 1 aliphatic rings. The average molecular weight is 307 g/mol. The number of aromatic nitrogens is 1. The molecule has 1 aromatic carbocycles. The predicted octanol–water partition coefficient (Wildman–Crippen LogP) is 3.34. The van der Waals surface area contributed by atoms with E-state index in [9.17, 15) is 5.11 Å². The lowest BCUT2D eigenvalue weighted by Gasteiger charge is -2.36. The molecule has 2 heterocycles. The van der Waals surface area contributed by atoms with Gasteiger partial charge < -0.3 is 9.52 Å². The number of hydrogen-bond donors (Lipinski definition) is 1. The quantitative estimate of drug-likeness (QED) is 0.945. The molecule has 0 spiro atoms. The summed E-state index contributed by atoms with van der Waals surface area (Å²) in [4.78, 5) is 6.51. The van der Waals surface area contributed by atoms with Crippen molar-refractivity contribution in [2.75, 3.05) is 13.1 Å². The highest BCUT2D eigenvalue weighted by Crippen LogP contribution is 2.25. The number of likely N-dealkylation sites (tertiary alicyclic amines) is 1. The Balaban J connectivity index is 1.71. The zero-order valence-corrected chi connectivity index (χ0v) is 12.8. The molecule has 0 saturated carbocycles. The second kappa shape index (κ2) is 5.79. The van der Waals surface area contributed by atoms with E-state index in [0.717, 1.165) is 30.7 Å². The maximum absolute atomic E-state index is 10.1. The third-order valence-electron chi connectivity index (χ3n) is 3.78. The fourth-order valence-electron chi connectivity index (χ4n) is 2.81. The molecule has 1 N–H and O–H groups in total. The molecule has 1 aliphatic heterocycles. The van der Waals surface area contributed by atoms with Crippen molar-refractivity contribution in [2.45, 2.75) is 31.9 Å². The van der Waals surface area contributed by atoms with Gasteiger partial charge in [-0.05, 0) is 38.4 Å². The normalized spacial score (nSPS) is 23.4. The zero-order chi connectivity index (χ0) is 14.9. The summed E-state index contributed by atoms with van der Waals surface area (Å²) in [5, 5.41) is 10.8. The number of piperidine rings is 1. The minimum Gasteiger partial charge on any atom is -0.439 e. The van der Waals surface area contributed by atoms with Crippen molar-refractivity contribution in [3.63, 3.8) is 0 Å². The van der Waals surface area contributed by atoms with Crippen LogP contribution in [-0.2, 0) is 6.54 Å². The molecule has 1 unspecified atom stereocenters. The summed E-state index contributed by atoms with van der Waals surface area (Å²) < 4.78 is 5.80. The second-order valence-corrected chi connectivity index (χ2v) is 6.38. The summed E-state index contributed by atoms with van der Waals surface area (Å²) in [6.45, 7) is 4.12. The molecule has 1 aromatic heterocycles. The van der Waals surface area contributed by atoms with Crippen molar-refractivity contribution < 1.29 is 9.52 Å². The van der Waals surface area contributed by atoms with Crippen LogP contribution in [0.5, 0.6) is 0 Å². The highest BCUT2D eigenvalue weighted by molar-refractivity contribution is 6.30. The van der Waals surface area contributed by atoms with E-state index in [0.29, 0.717) is 24.0 Å². The molecule has 0 aliphatic carbocycles. The van der Waals surface area contributed by atoms with E-state index in [1.807, 2.05) is 31.2 Å². The molecule has 112 valence electrons. The number of β-amino-alcohol motifs (C(OH)–C–C–N with tert-alkyl or cyclic N) is 1. The number of benzene rings is 1. The highest BCUT2D eigenvalue weighted by atomic mass is 35.5. The van der Waals surface area contributed by atoms with E-state index < -0.39 is 5.60 Å². The fraction of sp³-hybridized carbons (Fsp3) is 0.438. The van der Waals surface area contributed by atoms with Gasteiger partial charge >= 0.3 is 0 Å². The number of nitrogens with zero attached hydrogens (tertiary/aromatic N) is 2. The molecule has 5 heteroatoms. The van der Waals surface area contributed by atoms with Crippen molar-refractivity contribution in [1.29, 1.82) is 0 Å². The maximum Gasteiger partial charge on any atom is 0.209 e. The second-order valence-electron chi connectivity index (χ2n) is 5.94. The van der Waals surface area contributed by atoms with Gasteiger partial charge in [0.05, 0.1) is 18.3 Å². The first-order chi connectivity index (χ1) is 10.0. The van der Waals surface area contributed by atoms with Crippen LogP contribution in [-0.4, -0.2) is 33.7 Å². The van der Waals surface area contributed by atoms with Crippen molar-refractivity contribution in [3.8, 4) is 11.3 Å². The van der Waals surface area contributed by atoms with Gasteiger partial charge in [0.25, 0.3) is 0 Å². The molecule has 2 aromatic rings. The lowest BCUT2D eigenvalue weighted by atomic mass is 9.95. The van der Waals surface area contributed by atoms with Gasteiger partial charge in [-0.1, -0.05) is 23.7 Å². The highest BCUT2D eigenvalue weighted by Gasteiger charge is 2.28. The Morgan fingerprint density at radius 1 is 1.48 bits per heavy atom. The van der Waals surface area contributed by atoms with Crippen LogP contribution in [0.1, 0.15) is 25.7 Å². The van der Waals surface area contributed by atoms with E-state index >= 15 is 0 Å². The van der Waals surface area contributed by atoms with Gasteiger partial charge in [0, 0.05) is 17.1 Å². The lowest BCUT2D eigenvalue weighted by Crippen LogP contribution is -2.45. The van der Waals surface area contributed by atoms with Crippen LogP contribution in [0.25, 0.3) is 11.3 Å². The summed E-state index contributed by atoms with van der Waals surface area (Å²) in [6.07, 6.45) is 3.57. The molecule has 1 fully saturated rings. The minimum absolute atomic E-state index is 0.610. The molecule has 4 nitrogen and oxygen atoms in total. The van der Waals surface area contributed by atoms with Crippen molar-refractivity contribution >= 4 is 11.6 Å². The van der Waals surface area contributed by atoms with Gasteiger partial charge in [-0.3, -0.25) is 4.90 Å². The Hall–Kier alpha value is -1.36. The van der Waals surface area contributed by atoms with Crippen molar-refractivity contribution in [3.05, 3.63) is 41.4 Å². The van der Waals surface area contributed by atoms with Gasteiger partial charge in [0.15, 0.2) is 5.76 Å². The maximum atomic E-state index is 10.1. The Labute approximate surface area is 129 Å². The van der Waals surface area contributed by atoms with Gasteiger partial charge in [0.2, 0.25) is 5.89 Å². The van der Waals surface area contributed by atoms with Gasteiger partial charge in [0.1, 0.15) is 0 Å². The Bertz CT molecular complexity index is 624. The molecule has 1 saturated heterocycles. The zero-order valence-electron chi connectivity index (χ0n) is 12.1. The summed E-state index contributed by atoms with van der Waals surface area (Å²) in [5.41, 5.74) is 0.313. The van der Waals surface area contributed by atoms with Crippen LogP contribution in [0.3, 0.4) is 0 Å². The molecule has 0 amide bonds. The summed E-state index contributed by atoms with van der Waals surface area (Å²) in [5.74, 6) is 1.39. The van der Waals surface area contributed by atoms with Crippen LogP contribution in [0, 0.1) is 0 Å². The standard InChI is InChI=1S/C16H19ClN2O2/c1-16(20)6-3-7-19(11-16)10-15-18-9-14(21-15)12-4-2-5-13(17)8-12/h2,4-5,8-9,20H,3,6-7,10-11H2,1H3. The smallest absolute Gasteiger partial charge is 0.209 e. The first-order valence-corrected chi connectivity index (χ1v) is 7.55. The molecule has 0 radical (unpaired) electrons. The number of hydrogen-bond acceptors (Lipinski definition) is 4. The third kappa shape index (κ3) is 3.64. The number of halogens is 1. The first-order valence-electron chi connectivity index (χ1n) is 7.17. The first kappa shape index (κ1) is 14.6. The Morgan fingerprint density at radius 2 is 2.33 bits per heavy atom. The van der Waals surface area contributed by atoms with Crippen LogP contribution in [0.2, 0.25) is 5.02 Å². The van der Waals surface area contributed by atoms with E-state index in [2.05, 4.69) is 9.88 Å². The van der Waals surface area contributed by atoms with Crippen LogP contribution in [0.4, 0.5) is 0 Å². The van der Waals surface area contributed by atoms with Gasteiger partial charge in [-0.15, -0.1) is 0 Å². The molecular weight excluding hydrogens is 288 g/mol. The Morgan fingerprint density at radius 3 is 3.10 bits per heavy atom. The summed E-state index contributed by atoms with van der Waals surface area (Å²) in [7, 11) is 0. The largest absolute Gasteiger partial charge is 0.439 e. The number of oxazole rings is 1. The molecule has 21 heavy (non-hydrogen) atoms. The van der Waals surface area contributed by atoms with Crippen LogP contribution in [0.15, 0.2) is 34.9 Å². The fourth-order valence-corrected chi connectivity index (χ4v) is 3.00. The van der Waals surface area contributed by atoms with Crippen molar-refractivity contribution in [1.82, 2.24) is 9.88 Å². The molecular formula is C16H19ClN2O2. The van der Waals surface area contributed by atoms with Crippen molar-refractivity contribution in [2.24, 2.45) is 0 Å². The number of rotatable bonds is 3. The average Bonchev–Trinajstić information content (AvgIpc) is 2.86. The van der Waals surface area contributed by atoms with E-state index in [1.165, 1.54) is 0 Å². The van der Waals surface area contributed by atoms with E-state index in [-0.39, 0.29) is 0 Å². The van der Waals surface area contributed by atoms with Gasteiger partial charge in [-0.25, -0.2) is 4.98 Å². The summed E-state index contributed by atoms with van der Waals surface area (Å²) in [6, 6.07) is 7.53. The van der Waals surface area contributed by atoms with Gasteiger partial charge in [-0.2, -0.15) is 0 Å². The molecule has 3 rings (SSSR count). The van der Waals surface area contributed by atoms with Crippen LogP contribution < -0.4 is 0 Å². The third-order valence-corrected chi connectivity index (χ3v) is 4.01. The van der Waals surface area contributed by atoms with Crippen LogP contribution >= 0.6 is 11.6 Å². The minimum atomic E-state index is -0.610. The Kier molecular flexibility index (Phi) is 4.02. The monoisotopic (exact) mass is 306 g/mol. The molecule has 1 atom stereocenters. The van der Waals surface area contributed by atoms with E-state index in [1.54, 1.807) is 6.20 Å². The molecule has 0 bridgehead atoms. The van der Waals surface area contributed by atoms with E-state index in [4.69, 9.17) is 16.0 Å². The number of aliphatic hydroxyl groups is 1. The summed E-state index contributed by atoms with van der Waals surface area (Å²) >= 11 is 5.99. The topological polar surface area (TPSA) is 49.5 Å². The SMILES string of the molecule is CC1(O)CCCN(Cc2ncc(-c3cccc(Cl)c3)o2)C1. The lowest BCUT2D eigenvalue weighted by molar-refractivity contribution is -0.0202.